The topological polar surface area (TPSA) is 74.1 Å². The number of benzene rings is 1. The molecule has 0 spiro atoms. The van der Waals surface area contributed by atoms with Crippen LogP contribution in [0, 0.1) is 0 Å². The van der Waals surface area contributed by atoms with E-state index in [4.69, 9.17) is 4.42 Å². The first kappa shape index (κ1) is 18.6. The summed E-state index contributed by atoms with van der Waals surface area (Å²) in [5.41, 5.74) is 0.809. The molecular weight excluding hydrogens is 354 g/mol. The van der Waals surface area contributed by atoms with Crippen molar-refractivity contribution < 1.29 is 17.6 Å². The molecule has 1 saturated heterocycles. The van der Waals surface area contributed by atoms with Crippen molar-refractivity contribution in [2.24, 2.45) is 0 Å². The fourth-order valence-corrected chi connectivity index (χ4v) is 3.81. The van der Waals surface area contributed by atoms with Gasteiger partial charge in [0.2, 0.25) is 15.9 Å². The first-order valence-corrected chi connectivity index (χ1v) is 10.3. The summed E-state index contributed by atoms with van der Waals surface area (Å²) in [6.07, 6.45) is 2.81. The molecular formula is C18H23N3O4S. The van der Waals surface area contributed by atoms with Gasteiger partial charge >= 0.3 is 0 Å². The number of furan rings is 1. The molecule has 1 fully saturated rings. The van der Waals surface area contributed by atoms with Gasteiger partial charge in [-0.15, -0.1) is 0 Å². The van der Waals surface area contributed by atoms with E-state index in [0.717, 1.165) is 5.69 Å². The minimum atomic E-state index is -3.17. The summed E-state index contributed by atoms with van der Waals surface area (Å²) in [7, 11) is -3.17. The highest BCUT2D eigenvalue weighted by Crippen LogP contribution is 2.18. The van der Waals surface area contributed by atoms with Crippen molar-refractivity contribution in [2.75, 3.05) is 43.9 Å². The van der Waals surface area contributed by atoms with Crippen LogP contribution in [0.1, 0.15) is 5.76 Å². The van der Waals surface area contributed by atoms with E-state index in [1.165, 1.54) is 10.6 Å². The summed E-state index contributed by atoms with van der Waals surface area (Å²) in [4.78, 5) is 16.6. The highest BCUT2D eigenvalue weighted by molar-refractivity contribution is 7.88. The number of para-hydroxylation sites is 1. The van der Waals surface area contributed by atoms with Crippen LogP contribution in [0.2, 0.25) is 0 Å². The monoisotopic (exact) mass is 377 g/mol. The summed E-state index contributed by atoms with van der Waals surface area (Å²) < 4.78 is 30.1. The number of carbonyl (C=O) groups excluding carboxylic acids is 1. The van der Waals surface area contributed by atoms with Crippen LogP contribution in [-0.2, 0) is 21.4 Å². The zero-order valence-electron chi connectivity index (χ0n) is 14.7. The Bertz CT molecular complexity index is 813. The molecule has 1 aliphatic rings. The Morgan fingerprint density at radius 1 is 1.08 bits per heavy atom. The Morgan fingerprint density at radius 2 is 1.77 bits per heavy atom. The standard InChI is InChI=1S/C18H23N3O4S/c1-26(23,24)20-11-9-19(10-12-20)15-18(22)21(14-17-8-5-13-25-17)16-6-3-2-4-7-16/h2-8,13H,9-12,14-15H2,1H3. The Morgan fingerprint density at radius 3 is 2.35 bits per heavy atom. The number of sulfonamides is 1. The Kier molecular flexibility index (Phi) is 5.75. The van der Waals surface area contributed by atoms with E-state index in [2.05, 4.69) is 0 Å². The number of rotatable bonds is 6. The van der Waals surface area contributed by atoms with Crippen molar-refractivity contribution in [3.05, 3.63) is 54.5 Å². The van der Waals surface area contributed by atoms with Gasteiger partial charge in [-0.25, -0.2) is 8.42 Å². The molecule has 0 radical (unpaired) electrons. The molecule has 1 aromatic carbocycles. The van der Waals surface area contributed by atoms with Gasteiger partial charge in [0.25, 0.3) is 0 Å². The number of nitrogens with zero attached hydrogens (tertiary/aromatic N) is 3. The molecule has 2 aromatic rings. The van der Waals surface area contributed by atoms with Gasteiger partial charge in [-0.05, 0) is 24.3 Å². The largest absolute Gasteiger partial charge is 0.467 e. The smallest absolute Gasteiger partial charge is 0.241 e. The fraction of sp³-hybridized carbons (Fsp3) is 0.389. The fourth-order valence-electron chi connectivity index (χ4n) is 2.99. The summed E-state index contributed by atoms with van der Waals surface area (Å²) in [5, 5.41) is 0. The molecule has 0 aliphatic carbocycles. The van der Waals surface area contributed by atoms with Crippen molar-refractivity contribution in [1.29, 1.82) is 0 Å². The van der Waals surface area contributed by atoms with Crippen molar-refractivity contribution in [2.45, 2.75) is 6.54 Å². The average molecular weight is 377 g/mol. The lowest BCUT2D eigenvalue weighted by molar-refractivity contribution is -0.120. The van der Waals surface area contributed by atoms with Gasteiger partial charge in [-0.1, -0.05) is 18.2 Å². The maximum atomic E-state index is 12.9. The van der Waals surface area contributed by atoms with Gasteiger partial charge < -0.3 is 9.32 Å². The summed E-state index contributed by atoms with van der Waals surface area (Å²) in [6, 6.07) is 13.1. The maximum absolute atomic E-state index is 12.9. The van der Waals surface area contributed by atoms with Crippen LogP contribution in [0.25, 0.3) is 0 Å². The van der Waals surface area contributed by atoms with Gasteiger partial charge in [0.05, 0.1) is 25.6 Å². The van der Waals surface area contributed by atoms with E-state index in [-0.39, 0.29) is 12.5 Å². The normalized spacial score (nSPS) is 16.5. The van der Waals surface area contributed by atoms with Gasteiger partial charge in [-0.2, -0.15) is 4.31 Å². The van der Waals surface area contributed by atoms with Crippen molar-refractivity contribution in [3.8, 4) is 0 Å². The minimum absolute atomic E-state index is 0.0413. The number of hydrogen-bond donors (Lipinski definition) is 0. The second kappa shape index (κ2) is 8.03. The van der Waals surface area contributed by atoms with Gasteiger partial charge in [0.1, 0.15) is 5.76 Å². The van der Waals surface area contributed by atoms with Crippen molar-refractivity contribution in [3.63, 3.8) is 0 Å². The van der Waals surface area contributed by atoms with Gasteiger partial charge in [0, 0.05) is 31.9 Å². The first-order chi connectivity index (χ1) is 12.4. The second-order valence-corrected chi connectivity index (χ2v) is 8.32. The molecule has 1 amide bonds. The van der Waals surface area contributed by atoms with Crippen LogP contribution in [-0.4, -0.2) is 62.5 Å². The van der Waals surface area contributed by atoms with Crippen LogP contribution >= 0.6 is 0 Å². The Labute approximate surface area is 153 Å². The van der Waals surface area contributed by atoms with E-state index >= 15 is 0 Å². The summed E-state index contributed by atoms with van der Waals surface area (Å²) in [6.45, 7) is 2.52. The molecule has 2 heterocycles. The second-order valence-electron chi connectivity index (χ2n) is 6.33. The lowest BCUT2D eigenvalue weighted by atomic mass is 10.2. The van der Waals surface area contributed by atoms with E-state index in [0.29, 0.717) is 38.5 Å². The highest BCUT2D eigenvalue weighted by atomic mass is 32.2. The van der Waals surface area contributed by atoms with E-state index < -0.39 is 10.0 Å². The predicted molar refractivity (Wildman–Crippen MR) is 99.2 cm³/mol. The van der Waals surface area contributed by atoms with E-state index in [9.17, 15) is 13.2 Å². The average Bonchev–Trinajstić information content (AvgIpc) is 3.13. The molecule has 26 heavy (non-hydrogen) atoms. The Hall–Kier alpha value is -2.16. The molecule has 0 atom stereocenters. The quantitative estimate of drug-likeness (QED) is 0.761. The first-order valence-electron chi connectivity index (χ1n) is 8.49. The third-order valence-electron chi connectivity index (χ3n) is 4.42. The third-order valence-corrected chi connectivity index (χ3v) is 5.73. The number of carbonyl (C=O) groups is 1. The molecule has 1 aliphatic heterocycles. The molecule has 0 saturated carbocycles. The van der Waals surface area contributed by atoms with Crippen molar-refractivity contribution >= 4 is 21.6 Å². The van der Waals surface area contributed by atoms with E-state index in [1.54, 1.807) is 17.2 Å². The highest BCUT2D eigenvalue weighted by Gasteiger charge is 2.26. The molecule has 7 nitrogen and oxygen atoms in total. The van der Waals surface area contributed by atoms with E-state index in [1.807, 2.05) is 41.3 Å². The predicted octanol–water partition coefficient (Wildman–Crippen LogP) is 1.39. The van der Waals surface area contributed by atoms with Crippen molar-refractivity contribution in [1.82, 2.24) is 9.21 Å². The number of hydrogen-bond acceptors (Lipinski definition) is 5. The minimum Gasteiger partial charge on any atom is -0.467 e. The summed E-state index contributed by atoms with van der Waals surface area (Å²) in [5.74, 6) is 0.671. The van der Waals surface area contributed by atoms with Crippen LogP contribution in [0.5, 0.6) is 0 Å². The molecule has 0 bridgehead atoms. The number of piperazine rings is 1. The molecule has 0 unspecified atom stereocenters. The molecule has 1 aromatic heterocycles. The number of amides is 1. The van der Waals surface area contributed by atoms with Crippen LogP contribution in [0.4, 0.5) is 5.69 Å². The van der Waals surface area contributed by atoms with Gasteiger partial charge in [0.15, 0.2) is 0 Å². The van der Waals surface area contributed by atoms with Gasteiger partial charge in [-0.3, -0.25) is 9.69 Å². The lowest BCUT2D eigenvalue weighted by Gasteiger charge is -2.34. The zero-order valence-corrected chi connectivity index (χ0v) is 15.6. The Balaban J connectivity index is 1.66. The van der Waals surface area contributed by atoms with Crippen LogP contribution < -0.4 is 4.90 Å². The number of anilines is 1. The van der Waals surface area contributed by atoms with Crippen LogP contribution in [0.3, 0.4) is 0 Å². The molecule has 3 rings (SSSR count). The SMILES string of the molecule is CS(=O)(=O)N1CCN(CC(=O)N(Cc2ccco2)c2ccccc2)CC1. The zero-order chi connectivity index (χ0) is 18.6. The summed E-state index contributed by atoms with van der Waals surface area (Å²) >= 11 is 0. The maximum Gasteiger partial charge on any atom is 0.241 e. The molecule has 0 N–H and O–H groups in total. The lowest BCUT2D eigenvalue weighted by Crippen LogP contribution is -2.51. The molecule has 140 valence electrons. The third kappa shape index (κ3) is 4.72. The molecule has 8 heteroatoms. The van der Waals surface area contributed by atoms with Crippen LogP contribution in [0.15, 0.2) is 53.1 Å².